The summed E-state index contributed by atoms with van der Waals surface area (Å²) < 4.78 is 52.6. The zero-order valence-electron chi connectivity index (χ0n) is 19.4. The summed E-state index contributed by atoms with van der Waals surface area (Å²) in [4.78, 5) is 25.0. The van der Waals surface area contributed by atoms with Crippen LogP contribution in [-0.2, 0) is 38.7 Å². The maximum Gasteiger partial charge on any atom is 0.308 e. The minimum Gasteiger partial charge on any atom is -0.465 e. The Kier molecular flexibility index (Phi) is 10.7. The Hall–Kier alpha value is -2.01. The molecule has 0 radical (unpaired) electrons. The molecule has 0 aromatic heterocycles. The molecule has 0 saturated carbocycles. The number of ether oxygens (including phenoxy) is 4. The summed E-state index contributed by atoms with van der Waals surface area (Å²) >= 11 is 0. The number of esters is 2. The lowest BCUT2D eigenvalue weighted by Crippen LogP contribution is -2.27. The summed E-state index contributed by atoms with van der Waals surface area (Å²) in [5.74, 6) is -1.87. The van der Waals surface area contributed by atoms with Crippen LogP contribution < -0.4 is 0 Å². The lowest BCUT2D eigenvalue weighted by Gasteiger charge is -2.24. The molecule has 1 saturated heterocycles. The molecule has 2 rings (SSSR count). The van der Waals surface area contributed by atoms with Gasteiger partial charge in [0.25, 0.3) is 10.1 Å². The average Bonchev–Trinajstić information content (AvgIpc) is 3.61. The van der Waals surface area contributed by atoms with Gasteiger partial charge in [0.05, 0.1) is 29.9 Å². The van der Waals surface area contributed by atoms with Crippen molar-refractivity contribution in [1.82, 2.24) is 0 Å². The molecule has 0 aliphatic carbocycles. The molecular weight excluding hydrogens is 452 g/mol. The Bertz CT molecular complexity index is 862. The summed E-state index contributed by atoms with van der Waals surface area (Å²) in [5, 5.41) is 0. The van der Waals surface area contributed by atoms with E-state index in [-0.39, 0.29) is 42.7 Å². The first kappa shape index (κ1) is 27.2. The predicted molar refractivity (Wildman–Crippen MR) is 119 cm³/mol. The molecule has 1 aromatic rings. The third-order valence-electron chi connectivity index (χ3n) is 5.47. The quantitative estimate of drug-likeness (QED) is 0.172. The molecule has 0 bridgehead atoms. The largest absolute Gasteiger partial charge is 0.465 e. The van der Waals surface area contributed by atoms with Crippen LogP contribution >= 0.6 is 0 Å². The van der Waals surface area contributed by atoms with Gasteiger partial charge in [-0.3, -0.25) is 14.1 Å². The SMILES string of the molecule is CCCOC(=O)C(CC(C)C(=O)OCCOC1CO1)CC(CC)c1ccc(S(=O)(=O)O)cc1. The standard InChI is InChI=1S/C23H34O9S/c1-4-10-30-23(25)19(13-16(3)22(24)31-12-11-29-21-15-32-21)14-17(5-2)18-6-8-20(9-7-18)33(26,27)28/h6-9,16-17,19,21H,4-5,10-15H2,1-3H3,(H,26,27,28). The van der Waals surface area contributed by atoms with Gasteiger partial charge in [-0.2, -0.15) is 8.42 Å². The molecule has 0 amide bonds. The molecule has 1 aromatic carbocycles. The van der Waals surface area contributed by atoms with Crippen molar-refractivity contribution in [2.45, 2.75) is 63.6 Å². The van der Waals surface area contributed by atoms with Crippen LogP contribution in [0.15, 0.2) is 29.2 Å². The lowest BCUT2D eigenvalue weighted by atomic mass is 9.83. The molecule has 4 atom stereocenters. The highest BCUT2D eigenvalue weighted by molar-refractivity contribution is 7.85. The van der Waals surface area contributed by atoms with Crippen molar-refractivity contribution in [2.24, 2.45) is 11.8 Å². The molecule has 0 spiro atoms. The van der Waals surface area contributed by atoms with E-state index in [2.05, 4.69) is 0 Å². The maximum absolute atomic E-state index is 12.8. The van der Waals surface area contributed by atoms with Crippen LogP contribution in [0.2, 0.25) is 0 Å². The molecule has 1 N–H and O–H groups in total. The van der Waals surface area contributed by atoms with Gasteiger partial charge in [0.15, 0.2) is 6.29 Å². The lowest BCUT2D eigenvalue weighted by molar-refractivity contribution is -0.154. The van der Waals surface area contributed by atoms with Crippen LogP contribution in [0.3, 0.4) is 0 Å². The van der Waals surface area contributed by atoms with Crippen LogP contribution in [0, 0.1) is 11.8 Å². The molecule has 1 aliphatic rings. The van der Waals surface area contributed by atoms with E-state index < -0.39 is 27.9 Å². The molecule has 33 heavy (non-hydrogen) atoms. The third kappa shape index (κ3) is 9.40. The van der Waals surface area contributed by atoms with Crippen LogP contribution in [0.25, 0.3) is 0 Å². The van der Waals surface area contributed by atoms with E-state index in [1.54, 1.807) is 19.1 Å². The third-order valence-corrected chi connectivity index (χ3v) is 6.34. The fourth-order valence-corrected chi connectivity index (χ4v) is 4.01. The van der Waals surface area contributed by atoms with E-state index in [0.29, 0.717) is 32.5 Å². The summed E-state index contributed by atoms with van der Waals surface area (Å²) in [6.45, 7) is 6.82. The first-order valence-electron chi connectivity index (χ1n) is 11.3. The summed E-state index contributed by atoms with van der Waals surface area (Å²) in [6.07, 6.45) is 1.89. The number of benzene rings is 1. The van der Waals surface area contributed by atoms with Crippen molar-refractivity contribution in [3.05, 3.63) is 29.8 Å². The highest BCUT2D eigenvalue weighted by Gasteiger charge is 2.30. The molecule has 1 aliphatic heterocycles. The van der Waals surface area contributed by atoms with Gasteiger partial charge in [-0.05, 0) is 49.3 Å². The first-order chi connectivity index (χ1) is 15.7. The van der Waals surface area contributed by atoms with Crippen molar-refractivity contribution in [3.8, 4) is 0 Å². The molecule has 10 heteroatoms. The smallest absolute Gasteiger partial charge is 0.308 e. The Balaban J connectivity index is 2.02. The second-order valence-corrected chi connectivity index (χ2v) is 9.61. The molecular formula is C23H34O9S. The molecule has 186 valence electrons. The van der Waals surface area contributed by atoms with Gasteiger partial charge in [-0.1, -0.05) is 32.9 Å². The van der Waals surface area contributed by atoms with Crippen molar-refractivity contribution in [2.75, 3.05) is 26.4 Å². The highest BCUT2D eigenvalue weighted by Crippen LogP contribution is 2.32. The van der Waals surface area contributed by atoms with Gasteiger partial charge in [0, 0.05) is 0 Å². The van der Waals surface area contributed by atoms with Gasteiger partial charge < -0.3 is 18.9 Å². The van der Waals surface area contributed by atoms with E-state index in [0.717, 1.165) is 5.56 Å². The van der Waals surface area contributed by atoms with Crippen LogP contribution in [0.5, 0.6) is 0 Å². The first-order valence-corrected chi connectivity index (χ1v) is 12.7. The van der Waals surface area contributed by atoms with E-state index >= 15 is 0 Å². The number of carbonyl (C=O) groups is 2. The minimum atomic E-state index is -4.28. The van der Waals surface area contributed by atoms with E-state index in [9.17, 15) is 22.6 Å². The van der Waals surface area contributed by atoms with Crippen LogP contribution in [-0.4, -0.2) is 57.6 Å². The maximum atomic E-state index is 12.8. The Morgan fingerprint density at radius 2 is 1.70 bits per heavy atom. The number of hydrogen-bond donors (Lipinski definition) is 1. The second-order valence-electron chi connectivity index (χ2n) is 8.19. The van der Waals surface area contributed by atoms with Crippen LogP contribution in [0.1, 0.15) is 57.9 Å². The zero-order chi connectivity index (χ0) is 24.4. The van der Waals surface area contributed by atoms with Crippen molar-refractivity contribution in [3.63, 3.8) is 0 Å². The molecule has 1 fully saturated rings. The highest BCUT2D eigenvalue weighted by atomic mass is 32.2. The fraction of sp³-hybridized carbons (Fsp3) is 0.652. The van der Waals surface area contributed by atoms with Crippen molar-refractivity contribution in [1.29, 1.82) is 0 Å². The number of carbonyl (C=O) groups excluding carboxylic acids is 2. The fourth-order valence-electron chi connectivity index (χ4n) is 3.53. The number of hydrogen-bond acceptors (Lipinski definition) is 8. The van der Waals surface area contributed by atoms with Gasteiger partial charge in [0.1, 0.15) is 13.2 Å². The van der Waals surface area contributed by atoms with Gasteiger partial charge in [-0.15, -0.1) is 0 Å². The van der Waals surface area contributed by atoms with Gasteiger partial charge in [-0.25, -0.2) is 0 Å². The monoisotopic (exact) mass is 486 g/mol. The topological polar surface area (TPSA) is 129 Å². The molecule has 9 nitrogen and oxygen atoms in total. The van der Waals surface area contributed by atoms with Crippen molar-refractivity contribution >= 4 is 22.1 Å². The van der Waals surface area contributed by atoms with E-state index in [4.69, 9.17) is 18.9 Å². The molecule has 4 unspecified atom stereocenters. The zero-order valence-corrected chi connectivity index (χ0v) is 20.2. The van der Waals surface area contributed by atoms with E-state index in [1.807, 2.05) is 13.8 Å². The normalized spacial score (nSPS) is 18.2. The second kappa shape index (κ2) is 13.0. The summed E-state index contributed by atoms with van der Waals surface area (Å²) in [7, 11) is -4.28. The minimum absolute atomic E-state index is 0.0604. The van der Waals surface area contributed by atoms with Gasteiger partial charge >= 0.3 is 11.9 Å². The average molecular weight is 487 g/mol. The predicted octanol–water partition coefficient (Wildman–Crippen LogP) is 3.33. The molecule has 1 heterocycles. The summed E-state index contributed by atoms with van der Waals surface area (Å²) in [5.41, 5.74) is 0.841. The Morgan fingerprint density at radius 1 is 1.06 bits per heavy atom. The Morgan fingerprint density at radius 3 is 2.24 bits per heavy atom. The van der Waals surface area contributed by atoms with Crippen molar-refractivity contribution < 1.29 is 41.5 Å². The number of rotatable bonds is 15. The van der Waals surface area contributed by atoms with E-state index in [1.165, 1.54) is 12.1 Å². The number of epoxide rings is 1. The summed E-state index contributed by atoms with van der Waals surface area (Å²) in [6, 6.07) is 5.94. The van der Waals surface area contributed by atoms with Crippen LogP contribution in [0.4, 0.5) is 0 Å². The Labute approximate surface area is 195 Å². The van der Waals surface area contributed by atoms with Gasteiger partial charge in [0.2, 0.25) is 0 Å².